The molecule has 0 aromatic heterocycles. The molecule has 0 aliphatic carbocycles. The maximum absolute atomic E-state index is 12.4. The van der Waals surface area contributed by atoms with E-state index in [1.807, 2.05) is 72.8 Å². The molecule has 5 heteroatoms. The Morgan fingerprint density at radius 1 is 0.931 bits per heavy atom. The number of nitrogens with zero attached hydrogens (tertiary/aromatic N) is 1. The molecule has 3 aromatic carbocycles. The van der Waals surface area contributed by atoms with Gasteiger partial charge in [-0.1, -0.05) is 36.4 Å². The SMILES string of the molecule is O=C(Cc1ccc(N2CCCC2=O)cc1)Nc1cccc(Oc2ccccc2)c1. The Hall–Kier alpha value is -3.60. The van der Waals surface area contributed by atoms with E-state index in [0.717, 1.165) is 30.0 Å². The first-order chi connectivity index (χ1) is 14.2. The minimum Gasteiger partial charge on any atom is -0.457 e. The fraction of sp³-hybridized carbons (Fsp3) is 0.167. The number of carbonyl (C=O) groups excluding carboxylic acids is 2. The van der Waals surface area contributed by atoms with Crippen molar-refractivity contribution in [3.8, 4) is 11.5 Å². The van der Waals surface area contributed by atoms with Gasteiger partial charge in [0.25, 0.3) is 0 Å². The Balaban J connectivity index is 1.36. The zero-order valence-corrected chi connectivity index (χ0v) is 16.0. The molecule has 0 radical (unpaired) electrons. The molecule has 1 fully saturated rings. The van der Waals surface area contributed by atoms with Crippen molar-refractivity contribution in [2.24, 2.45) is 0 Å². The molecule has 0 saturated carbocycles. The number of rotatable bonds is 6. The minimum absolute atomic E-state index is 0.105. The summed E-state index contributed by atoms with van der Waals surface area (Å²) >= 11 is 0. The third kappa shape index (κ3) is 4.82. The number of amides is 2. The topological polar surface area (TPSA) is 58.6 Å². The van der Waals surface area contributed by atoms with Crippen molar-refractivity contribution >= 4 is 23.2 Å². The molecule has 0 unspecified atom stereocenters. The van der Waals surface area contributed by atoms with Crippen LogP contribution in [-0.4, -0.2) is 18.4 Å². The molecule has 2 amide bonds. The summed E-state index contributed by atoms with van der Waals surface area (Å²) < 4.78 is 5.81. The van der Waals surface area contributed by atoms with Gasteiger partial charge < -0.3 is 15.0 Å². The molecule has 0 bridgehead atoms. The molecule has 1 heterocycles. The fourth-order valence-electron chi connectivity index (χ4n) is 3.37. The van der Waals surface area contributed by atoms with Gasteiger partial charge in [-0.3, -0.25) is 9.59 Å². The summed E-state index contributed by atoms with van der Waals surface area (Å²) in [6.45, 7) is 0.764. The van der Waals surface area contributed by atoms with Gasteiger partial charge in [0.05, 0.1) is 6.42 Å². The van der Waals surface area contributed by atoms with Gasteiger partial charge in [0, 0.05) is 30.4 Å². The Morgan fingerprint density at radius 3 is 2.41 bits per heavy atom. The van der Waals surface area contributed by atoms with Gasteiger partial charge >= 0.3 is 0 Å². The van der Waals surface area contributed by atoms with Gasteiger partial charge in [0.2, 0.25) is 11.8 Å². The second-order valence-corrected chi connectivity index (χ2v) is 6.98. The molecular formula is C24H22N2O3. The molecular weight excluding hydrogens is 364 g/mol. The maximum atomic E-state index is 12.4. The van der Waals surface area contributed by atoms with E-state index in [2.05, 4.69) is 5.32 Å². The largest absolute Gasteiger partial charge is 0.457 e. The van der Waals surface area contributed by atoms with Crippen LogP contribution in [0.1, 0.15) is 18.4 Å². The average molecular weight is 386 g/mol. The molecule has 29 heavy (non-hydrogen) atoms. The Kier molecular flexibility index (Phi) is 5.56. The summed E-state index contributed by atoms with van der Waals surface area (Å²) in [4.78, 5) is 26.1. The van der Waals surface area contributed by atoms with E-state index in [-0.39, 0.29) is 18.2 Å². The average Bonchev–Trinajstić information content (AvgIpc) is 3.15. The quantitative estimate of drug-likeness (QED) is 0.663. The van der Waals surface area contributed by atoms with Crippen LogP contribution in [0, 0.1) is 0 Å². The lowest BCUT2D eigenvalue weighted by atomic mass is 10.1. The lowest BCUT2D eigenvalue weighted by Crippen LogP contribution is -2.23. The van der Waals surface area contributed by atoms with E-state index in [4.69, 9.17) is 4.74 Å². The van der Waals surface area contributed by atoms with Crippen LogP contribution in [0.4, 0.5) is 11.4 Å². The van der Waals surface area contributed by atoms with Crippen LogP contribution in [-0.2, 0) is 16.0 Å². The van der Waals surface area contributed by atoms with Crippen molar-refractivity contribution in [2.75, 3.05) is 16.8 Å². The van der Waals surface area contributed by atoms with E-state index in [1.165, 1.54) is 0 Å². The van der Waals surface area contributed by atoms with Crippen molar-refractivity contribution in [1.29, 1.82) is 0 Å². The Bertz CT molecular complexity index is 1000. The van der Waals surface area contributed by atoms with Gasteiger partial charge in [-0.25, -0.2) is 0 Å². The number of hydrogen-bond donors (Lipinski definition) is 1. The van der Waals surface area contributed by atoms with E-state index < -0.39 is 0 Å². The first-order valence-corrected chi connectivity index (χ1v) is 9.69. The zero-order chi connectivity index (χ0) is 20.1. The molecule has 1 aliphatic rings. The molecule has 5 nitrogen and oxygen atoms in total. The van der Waals surface area contributed by atoms with Crippen molar-refractivity contribution in [2.45, 2.75) is 19.3 Å². The lowest BCUT2D eigenvalue weighted by molar-refractivity contribution is -0.117. The van der Waals surface area contributed by atoms with E-state index in [0.29, 0.717) is 17.9 Å². The first-order valence-electron chi connectivity index (χ1n) is 9.69. The van der Waals surface area contributed by atoms with Crippen LogP contribution < -0.4 is 15.0 Å². The number of anilines is 2. The Morgan fingerprint density at radius 2 is 1.69 bits per heavy atom. The third-order valence-electron chi connectivity index (χ3n) is 4.78. The van der Waals surface area contributed by atoms with E-state index >= 15 is 0 Å². The number of para-hydroxylation sites is 1. The smallest absolute Gasteiger partial charge is 0.228 e. The van der Waals surface area contributed by atoms with Gasteiger partial charge in [-0.2, -0.15) is 0 Å². The predicted molar refractivity (Wildman–Crippen MR) is 113 cm³/mol. The zero-order valence-electron chi connectivity index (χ0n) is 16.0. The van der Waals surface area contributed by atoms with Crippen molar-refractivity contribution in [3.63, 3.8) is 0 Å². The second-order valence-electron chi connectivity index (χ2n) is 6.98. The van der Waals surface area contributed by atoms with Gasteiger partial charge in [-0.15, -0.1) is 0 Å². The summed E-state index contributed by atoms with van der Waals surface area (Å²) in [6, 6.07) is 24.4. The Labute approximate surface area is 169 Å². The highest BCUT2D eigenvalue weighted by Gasteiger charge is 2.21. The maximum Gasteiger partial charge on any atom is 0.228 e. The van der Waals surface area contributed by atoms with Crippen LogP contribution in [0.2, 0.25) is 0 Å². The summed E-state index contributed by atoms with van der Waals surface area (Å²) in [5, 5.41) is 2.91. The van der Waals surface area contributed by atoms with Crippen LogP contribution in [0.25, 0.3) is 0 Å². The lowest BCUT2D eigenvalue weighted by Gasteiger charge is -2.16. The van der Waals surface area contributed by atoms with E-state index in [9.17, 15) is 9.59 Å². The molecule has 1 aliphatic heterocycles. The third-order valence-corrected chi connectivity index (χ3v) is 4.78. The number of nitrogens with one attached hydrogen (secondary N) is 1. The molecule has 3 aromatic rings. The fourth-order valence-corrected chi connectivity index (χ4v) is 3.37. The van der Waals surface area contributed by atoms with E-state index in [1.54, 1.807) is 11.0 Å². The second kappa shape index (κ2) is 8.61. The molecule has 1 saturated heterocycles. The van der Waals surface area contributed by atoms with Crippen LogP contribution >= 0.6 is 0 Å². The molecule has 4 rings (SSSR count). The highest BCUT2D eigenvalue weighted by atomic mass is 16.5. The van der Waals surface area contributed by atoms with Crippen molar-refractivity contribution in [3.05, 3.63) is 84.4 Å². The standard InChI is InChI=1S/C24H22N2O3/c27-23(16-18-11-13-20(14-12-18)26-15-5-10-24(26)28)25-19-6-4-9-22(17-19)29-21-7-2-1-3-8-21/h1-4,6-9,11-14,17H,5,10,15-16H2,(H,25,27). The normalized spacial score (nSPS) is 13.4. The first kappa shape index (κ1) is 18.7. The number of benzene rings is 3. The predicted octanol–water partition coefficient (Wildman–Crippen LogP) is 4.79. The summed E-state index contributed by atoms with van der Waals surface area (Å²) in [7, 11) is 0. The number of ether oxygens (including phenoxy) is 1. The summed E-state index contributed by atoms with van der Waals surface area (Å²) in [5.41, 5.74) is 2.47. The van der Waals surface area contributed by atoms with Gasteiger partial charge in [0.1, 0.15) is 11.5 Å². The van der Waals surface area contributed by atoms with Crippen molar-refractivity contribution < 1.29 is 14.3 Å². The monoisotopic (exact) mass is 386 g/mol. The number of hydrogen-bond acceptors (Lipinski definition) is 3. The molecule has 1 N–H and O–H groups in total. The highest BCUT2D eigenvalue weighted by molar-refractivity contribution is 5.95. The van der Waals surface area contributed by atoms with Crippen LogP contribution in [0.3, 0.4) is 0 Å². The van der Waals surface area contributed by atoms with Crippen LogP contribution in [0.15, 0.2) is 78.9 Å². The summed E-state index contributed by atoms with van der Waals surface area (Å²) in [5.74, 6) is 1.46. The van der Waals surface area contributed by atoms with Crippen molar-refractivity contribution in [1.82, 2.24) is 0 Å². The summed E-state index contributed by atoms with van der Waals surface area (Å²) in [6.07, 6.45) is 1.77. The van der Waals surface area contributed by atoms with Gasteiger partial charge in [0.15, 0.2) is 0 Å². The molecule has 0 atom stereocenters. The minimum atomic E-state index is -0.105. The van der Waals surface area contributed by atoms with Crippen LogP contribution in [0.5, 0.6) is 11.5 Å². The highest BCUT2D eigenvalue weighted by Crippen LogP contribution is 2.24. The molecule has 0 spiro atoms. The van der Waals surface area contributed by atoms with Gasteiger partial charge in [-0.05, 0) is 48.4 Å². The molecule has 146 valence electrons. The number of carbonyl (C=O) groups is 2.